The number of hydrogen-bond acceptors (Lipinski definition) is 5. The number of nitrogens with one attached hydrogen (secondary N) is 2. The van der Waals surface area contributed by atoms with Crippen LogP contribution in [0.2, 0.25) is 0 Å². The van der Waals surface area contributed by atoms with Crippen LogP contribution in [-0.2, 0) is 6.42 Å². The predicted octanol–water partition coefficient (Wildman–Crippen LogP) is 2.43. The molecule has 1 aromatic rings. The van der Waals surface area contributed by atoms with Gasteiger partial charge in [0.25, 0.3) is 0 Å². The second-order valence-electron chi connectivity index (χ2n) is 4.67. The number of rotatable bonds is 9. The Bertz CT molecular complexity index is 370. The van der Waals surface area contributed by atoms with Gasteiger partial charge in [-0.05, 0) is 19.3 Å². The first-order valence-corrected chi connectivity index (χ1v) is 7.22. The maximum Gasteiger partial charge on any atom is 0.134 e. The average Bonchev–Trinajstić information content (AvgIpc) is 2.44. The van der Waals surface area contributed by atoms with E-state index in [-0.39, 0.29) is 6.10 Å². The summed E-state index contributed by atoms with van der Waals surface area (Å²) in [6, 6.07) is 0. The minimum Gasteiger partial charge on any atom is -0.391 e. The topological polar surface area (TPSA) is 70.1 Å². The van der Waals surface area contributed by atoms with Gasteiger partial charge in [0.1, 0.15) is 18.0 Å². The van der Waals surface area contributed by atoms with Gasteiger partial charge in [-0.15, -0.1) is 0 Å². The zero-order valence-electron chi connectivity index (χ0n) is 12.2. The van der Waals surface area contributed by atoms with Crippen molar-refractivity contribution in [3.8, 4) is 0 Å². The predicted molar refractivity (Wildman–Crippen MR) is 79.6 cm³/mol. The third-order valence-corrected chi connectivity index (χ3v) is 2.96. The van der Waals surface area contributed by atoms with Crippen LogP contribution in [0.15, 0.2) is 6.33 Å². The van der Waals surface area contributed by atoms with E-state index >= 15 is 0 Å². The summed E-state index contributed by atoms with van der Waals surface area (Å²) in [5.74, 6) is 1.75. The van der Waals surface area contributed by atoms with E-state index in [4.69, 9.17) is 0 Å². The van der Waals surface area contributed by atoms with Crippen molar-refractivity contribution in [1.82, 2.24) is 9.97 Å². The van der Waals surface area contributed by atoms with Crippen molar-refractivity contribution < 1.29 is 5.11 Å². The lowest BCUT2D eigenvalue weighted by Crippen LogP contribution is -2.20. The van der Waals surface area contributed by atoms with E-state index in [2.05, 4.69) is 34.4 Å². The molecule has 0 aliphatic heterocycles. The molecule has 5 heteroatoms. The molecule has 0 saturated heterocycles. The Balaban J connectivity index is 2.82. The molecule has 0 bridgehead atoms. The van der Waals surface area contributed by atoms with Crippen LogP contribution in [0.5, 0.6) is 0 Å². The van der Waals surface area contributed by atoms with E-state index in [9.17, 15) is 5.11 Å². The average molecular weight is 266 g/mol. The lowest BCUT2D eigenvalue weighted by Gasteiger charge is -2.16. The molecule has 0 spiro atoms. The monoisotopic (exact) mass is 266 g/mol. The van der Waals surface area contributed by atoms with Crippen LogP contribution in [0.25, 0.3) is 0 Å². The summed E-state index contributed by atoms with van der Waals surface area (Å²) in [6.45, 7) is 7.67. The number of anilines is 2. The first-order valence-electron chi connectivity index (χ1n) is 7.22. The van der Waals surface area contributed by atoms with Gasteiger partial charge in [0.15, 0.2) is 0 Å². The van der Waals surface area contributed by atoms with E-state index in [0.29, 0.717) is 6.54 Å². The van der Waals surface area contributed by atoms with E-state index in [1.165, 1.54) is 0 Å². The van der Waals surface area contributed by atoms with Gasteiger partial charge in [-0.3, -0.25) is 0 Å². The zero-order chi connectivity index (χ0) is 14.1. The molecule has 1 aromatic heterocycles. The SMILES string of the molecule is CCCNc1ncnc(NCC(O)CC)c1CCC. The number of aliphatic hydroxyl groups excluding tert-OH is 1. The van der Waals surface area contributed by atoms with Crippen LogP contribution in [-0.4, -0.2) is 34.3 Å². The molecule has 0 aliphatic rings. The third-order valence-electron chi connectivity index (χ3n) is 2.96. The molecule has 0 aromatic carbocycles. The number of aliphatic hydroxyl groups is 1. The highest BCUT2D eigenvalue weighted by atomic mass is 16.3. The van der Waals surface area contributed by atoms with Gasteiger partial charge in [-0.25, -0.2) is 9.97 Å². The first kappa shape index (κ1) is 15.7. The Labute approximate surface area is 115 Å². The molecular weight excluding hydrogens is 240 g/mol. The van der Waals surface area contributed by atoms with Gasteiger partial charge in [-0.1, -0.05) is 27.2 Å². The van der Waals surface area contributed by atoms with Crippen molar-refractivity contribution in [1.29, 1.82) is 0 Å². The van der Waals surface area contributed by atoms with Gasteiger partial charge in [-0.2, -0.15) is 0 Å². The van der Waals surface area contributed by atoms with Crippen LogP contribution in [0.1, 0.15) is 45.6 Å². The zero-order valence-corrected chi connectivity index (χ0v) is 12.2. The van der Waals surface area contributed by atoms with Gasteiger partial charge in [0, 0.05) is 18.7 Å². The van der Waals surface area contributed by atoms with Crippen molar-refractivity contribution >= 4 is 11.6 Å². The molecule has 1 atom stereocenters. The lowest BCUT2D eigenvalue weighted by molar-refractivity contribution is 0.183. The van der Waals surface area contributed by atoms with Crippen molar-refractivity contribution in [2.75, 3.05) is 23.7 Å². The standard InChI is InChI=1S/C14H26N4O/c1-4-7-12-13(15-8-5-2)17-10-18-14(12)16-9-11(19)6-3/h10-11,19H,4-9H2,1-3H3,(H2,15,16,17,18). The molecule has 1 heterocycles. The molecule has 1 unspecified atom stereocenters. The van der Waals surface area contributed by atoms with Crippen LogP contribution in [0.3, 0.4) is 0 Å². The van der Waals surface area contributed by atoms with Crippen LogP contribution >= 0.6 is 0 Å². The molecule has 5 nitrogen and oxygen atoms in total. The van der Waals surface area contributed by atoms with Crippen molar-refractivity contribution in [2.24, 2.45) is 0 Å². The molecule has 0 radical (unpaired) electrons. The smallest absolute Gasteiger partial charge is 0.134 e. The molecule has 0 fully saturated rings. The Morgan fingerprint density at radius 1 is 1.11 bits per heavy atom. The highest BCUT2D eigenvalue weighted by Crippen LogP contribution is 2.21. The number of hydrogen-bond donors (Lipinski definition) is 3. The number of aromatic nitrogens is 2. The first-order chi connectivity index (χ1) is 9.22. The summed E-state index contributed by atoms with van der Waals surface area (Å²) in [4.78, 5) is 8.62. The van der Waals surface area contributed by atoms with Gasteiger partial charge < -0.3 is 15.7 Å². The summed E-state index contributed by atoms with van der Waals surface area (Å²) in [6.07, 6.45) is 5.00. The Morgan fingerprint density at radius 3 is 2.37 bits per heavy atom. The fourth-order valence-corrected chi connectivity index (χ4v) is 1.81. The minimum atomic E-state index is -0.337. The highest BCUT2D eigenvalue weighted by molar-refractivity contribution is 5.57. The highest BCUT2D eigenvalue weighted by Gasteiger charge is 2.11. The van der Waals surface area contributed by atoms with E-state index in [0.717, 1.165) is 49.4 Å². The van der Waals surface area contributed by atoms with Gasteiger partial charge in [0.2, 0.25) is 0 Å². The van der Waals surface area contributed by atoms with Gasteiger partial charge in [0.05, 0.1) is 6.10 Å². The van der Waals surface area contributed by atoms with Crippen LogP contribution < -0.4 is 10.6 Å². The molecule has 1 rings (SSSR count). The second-order valence-corrected chi connectivity index (χ2v) is 4.67. The Hall–Kier alpha value is -1.36. The summed E-state index contributed by atoms with van der Waals surface area (Å²) < 4.78 is 0. The molecule has 0 aliphatic carbocycles. The maximum absolute atomic E-state index is 9.63. The maximum atomic E-state index is 9.63. The molecule has 0 amide bonds. The van der Waals surface area contributed by atoms with Crippen molar-refractivity contribution in [2.45, 2.75) is 52.6 Å². The normalized spacial score (nSPS) is 12.2. The Morgan fingerprint density at radius 2 is 1.79 bits per heavy atom. The fraction of sp³-hybridized carbons (Fsp3) is 0.714. The fourth-order valence-electron chi connectivity index (χ4n) is 1.81. The second kappa shape index (κ2) is 8.69. The van der Waals surface area contributed by atoms with E-state index < -0.39 is 0 Å². The van der Waals surface area contributed by atoms with Crippen LogP contribution in [0.4, 0.5) is 11.6 Å². The molecule has 108 valence electrons. The summed E-state index contributed by atoms with van der Waals surface area (Å²) in [5.41, 5.74) is 1.11. The summed E-state index contributed by atoms with van der Waals surface area (Å²) >= 11 is 0. The largest absolute Gasteiger partial charge is 0.391 e. The molecule has 19 heavy (non-hydrogen) atoms. The summed E-state index contributed by atoms with van der Waals surface area (Å²) in [5, 5.41) is 16.2. The van der Waals surface area contributed by atoms with Crippen LogP contribution in [0, 0.1) is 0 Å². The molecule has 0 saturated carbocycles. The third kappa shape index (κ3) is 5.03. The molecule has 3 N–H and O–H groups in total. The lowest BCUT2D eigenvalue weighted by atomic mass is 10.1. The van der Waals surface area contributed by atoms with Crippen molar-refractivity contribution in [3.63, 3.8) is 0 Å². The van der Waals surface area contributed by atoms with Crippen molar-refractivity contribution in [3.05, 3.63) is 11.9 Å². The van der Waals surface area contributed by atoms with E-state index in [1.807, 2.05) is 6.92 Å². The summed E-state index contributed by atoms with van der Waals surface area (Å²) in [7, 11) is 0. The Kier molecular flexibility index (Phi) is 7.18. The quantitative estimate of drug-likeness (QED) is 0.640. The minimum absolute atomic E-state index is 0.337. The van der Waals surface area contributed by atoms with Gasteiger partial charge >= 0.3 is 0 Å². The number of nitrogens with zero attached hydrogens (tertiary/aromatic N) is 2. The van der Waals surface area contributed by atoms with E-state index in [1.54, 1.807) is 6.33 Å². The molecular formula is C14H26N4O.